The minimum absolute atomic E-state index is 0.243. The molecule has 0 aromatic heterocycles. The van der Waals surface area contributed by atoms with E-state index in [-0.39, 0.29) is 5.91 Å². The normalized spacial score (nSPS) is 12.0. The number of amides is 1. The van der Waals surface area contributed by atoms with Crippen LogP contribution in [0.15, 0.2) is 54.6 Å². The molecule has 3 N–H and O–H groups in total. The Morgan fingerprint density at radius 1 is 1.14 bits per heavy atom. The minimum Gasteiger partial charge on any atom is -0.493 e. The van der Waals surface area contributed by atoms with Crippen LogP contribution in [0.1, 0.15) is 25.5 Å². The highest BCUT2D eigenvalue weighted by Gasteiger charge is 2.15. The van der Waals surface area contributed by atoms with Crippen molar-refractivity contribution in [1.82, 2.24) is 0 Å². The molecule has 2 aromatic carbocycles. The van der Waals surface area contributed by atoms with Gasteiger partial charge in [-0.05, 0) is 23.6 Å². The Labute approximate surface area is 131 Å². The highest BCUT2D eigenvalue weighted by molar-refractivity contribution is 5.95. The van der Waals surface area contributed by atoms with E-state index < -0.39 is 6.04 Å². The van der Waals surface area contributed by atoms with Crippen LogP contribution in [0.2, 0.25) is 0 Å². The van der Waals surface area contributed by atoms with Gasteiger partial charge in [0.05, 0.1) is 6.61 Å². The van der Waals surface area contributed by atoms with Crippen LogP contribution < -0.4 is 15.8 Å². The van der Waals surface area contributed by atoms with Crippen LogP contribution in [0.3, 0.4) is 0 Å². The summed E-state index contributed by atoms with van der Waals surface area (Å²) < 4.78 is 5.65. The molecule has 0 bridgehead atoms. The minimum atomic E-state index is -0.693. The van der Waals surface area contributed by atoms with Crippen molar-refractivity contribution in [2.24, 2.45) is 11.7 Å². The van der Waals surface area contributed by atoms with E-state index in [2.05, 4.69) is 19.2 Å². The van der Waals surface area contributed by atoms with Crippen molar-refractivity contribution in [2.75, 3.05) is 11.9 Å². The summed E-state index contributed by atoms with van der Waals surface area (Å²) in [6.45, 7) is 4.82. The highest BCUT2D eigenvalue weighted by atomic mass is 16.5. The van der Waals surface area contributed by atoms with Crippen LogP contribution in [-0.4, -0.2) is 12.5 Å². The SMILES string of the molecule is CC(C)COc1cccc(NC(=O)C(N)c2ccccc2)c1. The van der Waals surface area contributed by atoms with Crippen molar-refractivity contribution >= 4 is 11.6 Å². The topological polar surface area (TPSA) is 64.3 Å². The third-order valence-corrected chi connectivity index (χ3v) is 3.13. The maximum Gasteiger partial charge on any atom is 0.245 e. The number of ether oxygens (including phenoxy) is 1. The first kappa shape index (κ1) is 16.0. The molecule has 22 heavy (non-hydrogen) atoms. The summed E-state index contributed by atoms with van der Waals surface area (Å²) in [4.78, 5) is 12.2. The molecule has 0 aliphatic carbocycles. The Morgan fingerprint density at radius 2 is 1.86 bits per heavy atom. The quantitative estimate of drug-likeness (QED) is 0.859. The van der Waals surface area contributed by atoms with E-state index in [4.69, 9.17) is 10.5 Å². The number of nitrogens with two attached hydrogens (primary N) is 1. The van der Waals surface area contributed by atoms with Gasteiger partial charge in [0.25, 0.3) is 0 Å². The number of rotatable bonds is 6. The molecule has 0 saturated heterocycles. The molecule has 1 amide bonds. The predicted octanol–water partition coefficient (Wildman–Crippen LogP) is 3.36. The number of benzene rings is 2. The summed E-state index contributed by atoms with van der Waals surface area (Å²) in [7, 11) is 0. The van der Waals surface area contributed by atoms with Gasteiger partial charge in [-0.3, -0.25) is 4.79 Å². The second-order valence-electron chi connectivity index (χ2n) is 5.61. The van der Waals surface area contributed by atoms with Crippen molar-refractivity contribution < 1.29 is 9.53 Å². The van der Waals surface area contributed by atoms with Crippen LogP contribution in [-0.2, 0) is 4.79 Å². The second kappa shape index (κ2) is 7.61. The second-order valence-corrected chi connectivity index (χ2v) is 5.61. The summed E-state index contributed by atoms with van der Waals surface area (Å²) in [6, 6.07) is 15.9. The lowest BCUT2D eigenvalue weighted by molar-refractivity contribution is -0.117. The summed E-state index contributed by atoms with van der Waals surface area (Å²) in [5.41, 5.74) is 7.44. The smallest absolute Gasteiger partial charge is 0.245 e. The molecule has 1 atom stereocenters. The van der Waals surface area contributed by atoms with E-state index >= 15 is 0 Å². The maximum absolute atomic E-state index is 12.2. The van der Waals surface area contributed by atoms with Gasteiger partial charge in [0.2, 0.25) is 5.91 Å². The van der Waals surface area contributed by atoms with Crippen LogP contribution in [0, 0.1) is 5.92 Å². The molecule has 4 heteroatoms. The number of hydrogen-bond acceptors (Lipinski definition) is 3. The first-order chi connectivity index (χ1) is 10.6. The van der Waals surface area contributed by atoms with Gasteiger partial charge in [-0.25, -0.2) is 0 Å². The number of nitrogens with one attached hydrogen (secondary N) is 1. The molecule has 0 saturated carbocycles. The monoisotopic (exact) mass is 298 g/mol. The van der Waals surface area contributed by atoms with E-state index in [9.17, 15) is 4.79 Å². The van der Waals surface area contributed by atoms with Crippen molar-refractivity contribution in [1.29, 1.82) is 0 Å². The molecule has 0 spiro atoms. The van der Waals surface area contributed by atoms with Crippen molar-refractivity contribution in [3.8, 4) is 5.75 Å². The molecule has 116 valence electrons. The maximum atomic E-state index is 12.2. The highest BCUT2D eigenvalue weighted by Crippen LogP contribution is 2.19. The average molecular weight is 298 g/mol. The Bertz CT molecular complexity index is 611. The number of carbonyl (C=O) groups is 1. The van der Waals surface area contributed by atoms with Gasteiger partial charge in [-0.15, -0.1) is 0 Å². The zero-order chi connectivity index (χ0) is 15.9. The summed E-state index contributed by atoms with van der Waals surface area (Å²) >= 11 is 0. The van der Waals surface area contributed by atoms with Crippen molar-refractivity contribution in [3.05, 3.63) is 60.2 Å². The van der Waals surface area contributed by atoms with Gasteiger partial charge in [-0.1, -0.05) is 50.2 Å². The molecular formula is C18H22N2O2. The van der Waals surface area contributed by atoms with Gasteiger partial charge in [0.15, 0.2) is 0 Å². The van der Waals surface area contributed by atoms with Gasteiger partial charge in [-0.2, -0.15) is 0 Å². The zero-order valence-electron chi connectivity index (χ0n) is 13.0. The Balaban J connectivity index is 2.01. The molecule has 0 heterocycles. The Hall–Kier alpha value is -2.33. The fraction of sp³-hybridized carbons (Fsp3) is 0.278. The molecule has 0 fully saturated rings. The van der Waals surface area contributed by atoms with E-state index in [0.29, 0.717) is 18.2 Å². The molecule has 0 radical (unpaired) electrons. The summed E-state index contributed by atoms with van der Waals surface area (Å²) in [6.07, 6.45) is 0. The van der Waals surface area contributed by atoms with E-state index in [0.717, 1.165) is 11.3 Å². The largest absolute Gasteiger partial charge is 0.493 e. The number of hydrogen-bond donors (Lipinski definition) is 2. The van der Waals surface area contributed by atoms with E-state index in [1.54, 1.807) is 6.07 Å². The summed E-state index contributed by atoms with van der Waals surface area (Å²) in [5.74, 6) is 0.941. The predicted molar refractivity (Wildman–Crippen MR) is 88.8 cm³/mol. The third-order valence-electron chi connectivity index (χ3n) is 3.13. The molecule has 2 rings (SSSR count). The molecular weight excluding hydrogens is 276 g/mol. The Morgan fingerprint density at radius 3 is 2.55 bits per heavy atom. The van der Waals surface area contributed by atoms with Crippen LogP contribution in [0.5, 0.6) is 5.75 Å². The van der Waals surface area contributed by atoms with E-state index in [1.165, 1.54) is 0 Å². The molecule has 0 aliphatic rings. The number of carbonyl (C=O) groups excluding carboxylic acids is 1. The molecule has 1 unspecified atom stereocenters. The molecule has 0 aliphatic heterocycles. The van der Waals surface area contributed by atoms with Crippen LogP contribution in [0.25, 0.3) is 0 Å². The lowest BCUT2D eigenvalue weighted by atomic mass is 10.1. The molecule has 4 nitrogen and oxygen atoms in total. The van der Waals surface area contributed by atoms with Crippen molar-refractivity contribution in [3.63, 3.8) is 0 Å². The molecule has 2 aromatic rings. The summed E-state index contributed by atoms with van der Waals surface area (Å²) in [5, 5.41) is 2.82. The van der Waals surface area contributed by atoms with Gasteiger partial charge in [0.1, 0.15) is 11.8 Å². The van der Waals surface area contributed by atoms with Gasteiger partial charge < -0.3 is 15.8 Å². The standard InChI is InChI=1S/C18H22N2O2/c1-13(2)12-22-16-10-6-9-15(11-16)20-18(21)17(19)14-7-4-3-5-8-14/h3-11,13,17H,12,19H2,1-2H3,(H,20,21). The Kier molecular flexibility index (Phi) is 5.55. The lowest BCUT2D eigenvalue weighted by Gasteiger charge is -2.14. The first-order valence-electron chi connectivity index (χ1n) is 7.40. The fourth-order valence-corrected chi connectivity index (χ4v) is 1.96. The van der Waals surface area contributed by atoms with Crippen LogP contribution >= 0.6 is 0 Å². The van der Waals surface area contributed by atoms with E-state index in [1.807, 2.05) is 48.5 Å². The lowest BCUT2D eigenvalue weighted by Crippen LogP contribution is -2.27. The number of anilines is 1. The average Bonchev–Trinajstić information content (AvgIpc) is 2.53. The van der Waals surface area contributed by atoms with Gasteiger partial charge >= 0.3 is 0 Å². The van der Waals surface area contributed by atoms with Crippen LogP contribution in [0.4, 0.5) is 5.69 Å². The van der Waals surface area contributed by atoms with Crippen molar-refractivity contribution in [2.45, 2.75) is 19.9 Å². The fourth-order valence-electron chi connectivity index (χ4n) is 1.96. The third kappa shape index (κ3) is 4.60. The van der Waals surface area contributed by atoms with Gasteiger partial charge in [0, 0.05) is 11.8 Å². The zero-order valence-corrected chi connectivity index (χ0v) is 13.0. The first-order valence-corrected chi connectivity index (χ1v) is 7.40.